The minimum atomic E-state index is -1.06. The van der Waals surface area contributed by atoms with Gasteiger partial charge in [-0.3, -0.25) is 9.59 Å². The fraction of sp³-hybridized carbons (Fsp3) is 0.517. The maximum absolute atomic E-state index is 13.5. The van der Waals surface area contributed by atoms with Crippen molar-refractivity contribution in [3.63, 3.8) is 0 Å². The SMILES string of the molecule is C[C@H]1CN(C(=O)c2cc3nc(-c4ccc(F)cc4)nc(C4(C)CC4)c3o2)CCN1C(=O)[C@H](O)CC(C)(C)C. The van der Waals surface area contributed by atoms with E-state index in [2.05, 4.69) is 11.9 Å². The highest BCUT2D eigenvalue weighted by Gasteiger charge is 2.44. The molecule has 1 N–H and O–H groups in total. The normalized spacial score (nSPS) is 20.0. The van der Waals surface area contributed by atoms with Crippen LogP contribution >= 0.6 is 0 Å². The molecular formula is C29H35FN4O4. The van der Waals surface area contributed by atoms with Crippen LogP contribution in [-0.2, 0) is 10.2 Å². The Hall–Kier alpha value is -3.33. The Bertz CT molecular complexity index is 1370. The van der Waals surface area contributed by atoms with Crippen LogP contribution in [0.25, 0.3) is 22.5 Å². The van der Waals surface area contributed by atoms with E-state index in [9.17, 15) is 19.1 Å². The topological polar surface area (TPSA) is 99.8 Å². The summed E-state index contributed by atoms with van der Waals surface area (Å²) in [6.45, 7) is 11.0. The number of benzene rings is 1. The number of hydrogen-bond acceptors (Lipinski definition) is 6. The van der Waals surface area contributed by atoms with Crippen LogP contribution in [0.4, 0.5) is 4.39 Å². The van der Waals surface area contributed by atoms with Crippen molar-refractivity contribution in [2.24, 2.45) is 5.41 Å². The summed E-state index contributed by atoms with van der Waals surface area (Å²) in [6, 6.07) is 7.44. The van der Waals surface area contributed by atoms with E-state index in [0.717, 1.165) is 18.5 Å². The van der Waals surface area contributed by atoms with Gasteiger partial charge in [0.15, 0.2) is 17.2 Å². The van der Waals surface area contributed by atoms with Crippen LogP contribution < -0.4 is 0 Å². The fourth-order valence-corrected chi connectivity index (χ4v) is 5.08. The van der Waals surface area contributed by atoms with Crippen molar-refractivity contribution in [2.45, 2.75) is 71.4 Å². The lowest BCUT2D eigenvalue weighted by Crippen LogP contribution is -2.57. The second kappa shape index (κ2) is 9.45. The first-order chi connectivity index (χ1) is 17.8. The number of nitrogens with zero attached hydrogens (tertiary/aromatic N) is 4. The summed E-state index contributed by atoms with van der Waals surface area (Å²) in [7, 11) is 0. The lowest BCUT2D eigenvalue weighted by molar-refractivity contribution is -0.145. The van der Waals surface area contributed by atoms with Gasteiger partial charge in [-0.1, -0.05) is 27.7 Å². The molecule has 0 bridgehead atoms. The van der Waals surface area contributed by atoms with Crippen molar-refractivity contribution < 1.29 is 23.5 Å². The van der Waals surface area contributed by atoms with Crippen LogP contribution in [-0.4, -0.2) is 68.5 Å². The van der Waals surface area contributed by atoms with Crippen molar-refractivity contribution >= 4 is 22.9 Å². The molecule has 0 radical (unpaired) electrons. The molecule has 8 nitrogen and oxygen atoms in total. The Balaban J connectivity index is 1.38. The first-order valence-electron chi connectivity index (χ1n) is 13.2. The van der Waals surface area contributed by atoms with Gasteiger partial charge in [-0.05, 0) is 55.9 Å². The van der Waals surface area contributed by atoms with E-state index in [4.69, 9.17) is 9.40 Å². The average Bonchev–Trinajstić information content (AvgIpc) is 3.45. The van der Waals surface area contributed by atoms with Crippen LogP contribution in [0.15, 0.2) is 34.7 Å². The molecule has 9 heteroatoms. The molecule has 1 saturated carbocycles. The number of carbonyl (C=O) groups is 2. The summed E-state index contributed by atoms with van der Waals surface area (Å²) in [6.07, 6.45) is 1.23. The van der Waals surface area contributed by atoms with Crippen LogP contribution in [0.5, 0.6) is 0 Å². The van der Waals surface area contributed by atoms with Gasteiger partial charge in [0.2, 0.25) is 0 Å². The van der Waals surface area contributed by atoms with Crippen molar-refractivity contribution in [3.05, 3.63) is 47.6 Å². The molecule has 2 fully saturated rings. The quantitative estimate of drug-likeness (QED) is 0.528. The Morgan fingerprint density at radius 3 is 2.47 bits per heavy atom. The minimum Gasteiger partial charge on any atom is -0.447 e. The Labute approximate surface area is 221 Å². The lowest BCUT2D eigenvalue weighted by Gasteiger charge is -2.40. The minimum absolute atomic E-state index is 0.150. The summed E-state index contributed by atoms with van der Waals surface area (Å²) in [5.74, 6) is -0.257. The van der Waals surface area contributed by atoms with Gasteiger partial charge in [0.1, 0.15) is 17.4 Å². The molecular weight excluding hydrogens is 487 g/mol. The highest BCUT2D eigenvalue weighted by atomic mass is 19.1. The second-order valence-electron chi connectivity index (χ2n) is 12.2. The Morgan fingerprint density at radius 1 is 1.18 bits per heavy atom. The highest BCUT2D eigenvalue weighted by molar-refractivity contribution is 5.96. The van der Waals surface area contributed by atoms with E-state index in [-0.39, 0.29) is 40.3 Å². The zero-order valence-electron chi connectivity index (χ0n) is 22.6. The number of amides is 2. The third-order valence-electron chi connectivity index (χ3n) is 7.55. The number of carbonyl (C=O) groups excluding carboxylic acids is 2. The molecule has 202 valence electrons. The third-order valence-corrected chi connectivity index (χ3v) is 7.55. The molecule has 3 heterocycles. The highest BCUT2D eigenvalue weighted by Crippen LogP contribution is 2.49. The van der Waals surface area contributed by atoms with Gasteiger partial charge in [-0.15, -0.1) is 0 Å². The lowest BCUT2D eigenvalue weighted by atomic mass is 9.88. The maximum atomic E-state index is 13.5. The number of aliphatic hydroxyl groups is 1. The largest absolute Gasteiger partial charge is 0.447 e. The van der Waals surface area contributed by atoms with Gasteiger partial charge in [0.25, 0.3) is 11.8 Å². The van der Waals surface area contributed by atoms with Crippen molar-refractivity contribution in [1.29, 1.82) is 0 Å². The van der Waals surface area contributed by atoms with E-state index in [1.54, 1.807) is 28.0 Å². The van der Waals surface area contributed by atoms with E-state index >= 15 is 0 Å². The summed E-state index contributed by atoms with van der Waals surface area (Å²) in [5.41, 5.74) is 2.17. The zero-order valence-corrected chi connectivity index (χ0v) is 22.6. The van der Waals surface area contributed by atoms with E-state index in [1.165, 1.54) is 12.1 Å². The molecule has 2 atom stereocenters. The molecule has 2 amide bonds. The number of hydrogen-bond donors (Lipinski definition) is 1. The van der Waals surface area contributed by atoms with E-state index in [0.29, 0.717) is 48.5 Å². The summed E-state index contributed by atoms with van der Waals surface area (Å²) < 4.78 is 19.6. The van der Waals surface area contributed by atoms with Crippen LogP contribution in [0.3, 0.4) is 0 Å². The number of furan rings is 1. The van der Waals surface area contributed by atoms with Crippen LogP contribution in [0, 0.1) is 11.2 Å². The zero-order chi connectivity index (χ0) is 27.4. The van der Waals surface area contributed by atoms with E-state index in [1.807, 2.05) is 27.7 Å². The number of halogens is 1. The smallest absolute Gasteiger partial charge is 0.289 e. The Kier molecular flexibility index (Phi) is 6.54. The van der Waals surface area contributed by atoms with Gasteiger partial charge in [-0.25, -0.2) is 14.4 Å². The molecule has 2 aliphatic rings. The summed E-state index contributed by atoms with van der Waals surface area (Å²) in [5, 5.41) is 10.5. The standard InChI is InChI=1S/C29H35FN4O4/c1-17-16-33(12-13-34(17)26(36)21(35)15-28(2,3)4)27(37)22-14-20-23(38-22)24(29(5)10-11-29)32-25(31-20)18-6-8-19(30)9-7-18/h6-9,14,17,21,35H,10-13,15-16H2,1-5H3/t17-,21+/m0/s1. The molecule has 1 aromatic carbocycles. The maximum Gasteiger partial charge on any atom is 0.289 e. The predicted octanol–water partition coefficient (Wildman–Crippen LogP) is 4.55. The molecule has 1 aliphatic heterocycles. The van der Waals surface area contributed by atoms with Gasteiger partial charge >= 0.3 is 0 Å². The average molecular weight is 523 g/mol. The number of piperazine rings is 1. The van der Waals surface area contributed by atoms with E-state index < -0.39 is 6.10 Å². The number of rotatable bonds is 5. The molecule has 0 unspecified atom stereocenters. The number of aliphatic hydroxyl groups excluding tert-OH is 1. The molecule has 3 aromatic rings. The molecule has 1 aliphatic carbocycles. The first-order valence-corrected chi connectivity index (χ1v) is 13.2. The third kappa shape index (κ3) is 5.16. The van der Waals surface area contributed by atoms with Crippen LogP contribution in [0.2, 0.25) is 0 Å². The second-order valence-corrected chi connectivity index (χ2v) is 12.2. The molecule has 38 heavy (non-hydrogen) atoms. The van der Waals surface area contributed by atoms with Crippen LogP contribution in [0.1, 0.15) is 70.1 Å². The summed E-state index contributed by atoms with van der Waals surface area (Å²) >= 11 is 0. The van der Waals surface area contributed by atoms with Gasteiger partial charge in [-0.2, -0.15) is 0 Å². The fourth-order valence-electron chi connectivity index (χ4n) is 5.08. The number of fused-ring (bicyclic) bond motifs is 1. The Morgan fingerprint density at radius 2 is 1.87 bits per heavy atom. The monoisotopic (exact) mass is 522 g/mol. The van der Waals surface area contributed by atoms with Crippen molar-refractivity contribution in [2.75, 3.05) is 19.6 Å². The summed E-state index contributed by atoms with van der Waals surface area (Å²) in [4.78, 5) is 39.1. The number of aromatic nitrogens is 2. The van der Waals surface area contributed by atoms with Crippen molar-refractivity contribution in [1.82, 2.24) is 19.8 Å². The predicted molar refractivity (Wildman–Crippen MR) is 141 cm³/mol. The molecule has 2 aromatic heterocycles. The molecule has 0 spiro atoms. The first kappa shape index (κ1) is 26.3. The molecule has 1 saturated heterocycles. The molecule has 5 rings (SSSR count). The van der Waals surface area contributed by atoms with Gasteiger partial charge < -0.3 is 19.3 Å². The van der Waals surface area contributed by atoms with Gasteiger partial charge in [0, 0.05) is 42.7 Å². The van der Waals surface area contributed by atoms with Gasteiger partial charge in [0.05, 0.1) is 5.69 Å². The van der Waals surface area contributed by atoms with Crippen molar-refractivity contribution in [3.8, 4) is 11.4 Å².